The summed E-state index contributed by atoms with van der Waals surface area (Å²) in [6.07, 6.45) is 0. The first kappa shape index (κ1) is 12.2. The van der Waals surface area contributed by atoms with E-state index in [1.807, 2.05) is 24.7 Å². The highest BCUT2D eigenvalue weighted by Gasteiger charge is 2.20. The second-order valence-electron chi connectivity index (χ2n) is 5.08. The lowest BCUT2D eigenvalue weighted by Crippen LogP contribution is -2.49. The third-order valence-electron chi connectivity index (χ3n) is 3.37. The van der Waals surface area contributed by atoms with Crippen LogP contribution in [0.3, 0.4) is 0 Å². The molecule has 7 nitrogen and oxygen atoms in total. The third-order valence-corrected chi connectivity index (χ3v) is 3.37. The molecule has 7 heteroatoms. The number of anilines is 1. The highest BCUT2D eigenvalue weighted by molar-refractivity contribution is 5.52. The van der Waals surface area contributed by atoms with E-state index in [0.717, 1.165) is 42.8 Å². The van der Waals surface area contributed by atoms with Crippen molar-refractivity contribution in [2.75, 3.05) is 24.5 Å². The Kier molecular flexibility index (Phi) is 2.98. The monoisotopic (exact) mass is 261 g/mol. The average Bonchev–Trinajstić information content (AvgIpc) is 2.96. The van der Waals surface area contributed by atoms with Crippen LogP contribution >= 0.6 is 0 Å². The lowest BCUT2D eigenvalue weighted by atomic mass is 10.2. The lowest BCUT2D eigenvalue weighted by Gasteiger charge is -2.30. The molecule has 2 aromatic rings. The first-order chi connectivity index (χ1) is 9.13. The number of rotatable bonds is 2. The zero-order chi connectivity index (χ0) is 13.4. The fourth-order valence-electron chi connectivity index (χ4n) is 2.46. The maximum Gasteiger partial charge on any atom is 0.245 e. The number of aryl methyl sites for hydroxylation is 2. The lowest BCUT2D eigenvalue weighted by molar-refractivity contribution is 0.480. The molecule has 1 saturated heterocycles. The van der Waals surface area contributed by atoms with E-state index < -0.39 is 0 Å². The van der Waals surface area contributed by atoms with Crippen molar-refractivity contribution in [3.05, 3.63) is 11.8 Å². The molecule has 19 heavy (non-hydrogen) atoms. The number of hydrogen-bond acceptors (Lipinski definition) is 5. The van der Waals surface area contributed by atoms with Crippen LogP contribution in [0.4, 0.5) is 5.95 Å². The van der Waals surface area contributed by atoms with Gasteiger partial charge in [-0.2, -0.15) is 10.1 Å². The molecule has 0 radical (unpaired) electrons. The standard InChI is InChI=1S/C12H19N7/c1-8-6-10(18(3)17-8)11-14-12(16-15-11)19-5-4-13-9(2)7-19/h6,9,13H,4-5,7H2,1-3H3,(H,14,15,16)/t9-/m0/s1. The van der Waals surface area contributed by atoms with E-state index in [0.29, 0.717) is 6.04 Å². The molecule has 0 amide bonds. The number of aromatic nitrogens is 5. The molecule has 0 unspecified atom stereocenters. The minimum atomic E-state index is 0.467. The summed E-state index contributed by atoms with van der Waals surface area (Å²) in [5, 5.41) is 15.1. The summed E-state index contributed by atoms with van der Waals surface area (Å²) >= 11 is 0. The number of H-pyrrole nitrogens is 1. The van der Waals surface area contributed by atoms with Crippen LogP contribution < -0.4 is 10.2 Å². The van der Waals surface area contributed by atoms with Crippen molar-refractivity contribution >= 4 is 5.95 Å². The molecule has 3 heterocycles. The number of nitrogens with zero attached hydrogens (tertiary/aromatic N) is 5. The van der Waals surface area contributed by atoms with Gasteiger partial charge < -0.3 is 10.2 Å². The molecule has 2 aromatic heterocycles. The predicted octanol–water partition coefficient (Wildman–Crippen LogP) is 0.312. The minimum absolute atomic E-state index is 0.467. The smallest absolute Gasteiger partial charge is 0.245 e. The van der Waals surface area contributed by atoms with Crippen LogP contribution in [0.15, 0.2) is 6.07 Å². The summed E-state index contributed by atoms with van der Waals surface area (Å²) < 4.78 is 1.82. The van der Waals surface area contributed by atoms with Crippen LogP contribution in [-0.2, 0) is 7.05 Å². The van der Waals surface area contributed by atoms with E-state index in [1.165, 1.54) is 0 Å². The van der Waals surface area contributed by atoms with Gasteiger partial charge in [0.2, 0.25) is 5.95 Å². The Bertz CT molecular complexity index is 570. The summed E-state index contributed by atoms with van der Waals surface area (Å²) in [6, 6.07) is 2.47. The Morgan fingerprint density at radius 3 is 2.95 bits per heavy atom. The summed E-state index contributed by atoms with van der Waals surface area (Å²) in [6.45, 7) is 6.98. The Hall–Kier alpha value is -1.89. The highest BCUT2D eigenvalue weighted by Crippen LogP contribution is 2.18. The van der Waals surface area contributed by atoms with Crippen molar-refractivity contribution in [1.82, 2.24) is 30.3 Å². The maximum atomic E-state index is 4.58. The van der Waals surface area contributed by atoms with Crippen LogP contribution in [0.2, 0.25) is 0 Å². The third kappa shape index (κ3) is 2.33. The number of aromatic amines is 1. The summed E-state index contributed by atoms with van der Waals surface area (Å²) in [7, 11) is 1.91. The predicted molar refractivity (Wildman–Crippen MR) is 73.0 cm³/mol. The molecule has 0 aliphatic carbocycles. The Morgan fingerprint density at radius 2 is 2.26 bits per heavy atom. The van der Waals surface area contributed by atoms with Crippen molar-refractivity contribution in [2.24, 2.45) is 7.05 Å². The molecule has 0 spiro atoms. The molecule has 0 aromatic carbocycles. The van der Waals surface area contributed by atoms with Gasteiger partial charge in [-0.3, -0.25) is 9.78 Å². The van der Waals surface area contributed by atoms with Crippen molar-refractivity contribution in [2.45, 2.75) is 19.9 Å². The molecule has 1 atom stereocenters. The van der Waals surface area contributed by atoms with Crippen LogP contribution in [0.5, 0.6) is 0 Å². The minimum Gasteiger partial charge on any atom is -0.337 e. The van der Waals surface area contributed by atoms with Gasteiger partial charge in [-0.05, 0) is 19.9 Å². The normalized spacial score (nSPS) is 19.9. The Balaban J connectivity index is 1.85. The van der Waals surface area contributed by atoms with Gasteiger partial charge >= 0.3 is 0 Å². The first-order valence-electron chi connectivity index (χ1n) is 6.55. The van der Waals surface area contributed by atoms with Gasteiger partial charge in [0.15, 0.2) is 5.82 Å². The summed E-state index contributed by atoms with van der Waals surface area (Å²) in [5.41, 5.74) is 1.94. The zero-order valence-corrected chi connectivity index (χ0v) is 11.5. The Morgan fingerprint density at radius 1 is 1.42 bits per heavy atom. The van der Waals surface area contributed by atoms with Crippen molar-refractivity contribution in [3.8, 4) is 11.5 Å². The van der Waals surface area contributed by atoms with E-state index in [4.69, 9.17) is 0 Å². The van der Waals surface area contributed by atoms with Crippen LogP contribution in [0, 0.1) is 6.92 Å². The highest BCUT2D eigenvalue weighted by atomic mass is 15.4. The summed E-state index contributed by atoms with van der Waals surface area (Å²) in [4.78, 5) is 6.78. The van der Waals surface area contributed by atoms with E-state index in [-0.39, 0.29) is 0 Å². The molecular formula is C12H19N7. The molecule has 1 aliphatic heterocycles. The molecule has 102 valence electrons. The topological polar surface area (TPSA) is 74.7 Å². The van der Waals surface area contributed by atoms with Gasteiger partial charge in [0.05, 0.1) is 5.69 Å². The maximum absolute atomic E-state index is 4.58. The average molecular weight is 261 g/mol. The summed E-state index contributed by atoms with van der Waals surface area (Å²) in [5.74, 6) is 1.53. The quantitative estimate of drug-likeness (QED) is 0.814. The van der Waals surface area contributed by atoms with Gasteiger partial charge in [0.1, 0.15) is 5.69 Å². The second-order valence-corrected chi connectivity index (χ2v) is 5.08. The second kappa shape index (κ2) is 4.65. The fourth-order valence-corrected chi connectivity index (χ4v) is 2.46. The molecule has 2 N–H and O–H groups in total. The van der Waals surface area contributed by atoms with E-state index in [9.17, 15) is 0 Å². The zero-order valence-electron chi connectivity index (χ0n) is 11.5. The fraction of sp³-hybridized carbons (Fsp3) is 0.583. The van der Waals surface area contributed by atoms with Gasteiger partial charge in [-0.15, -0.1) is 5.10 Å². The van der Waals surface area contributed by atoms with E-state index >= 15 is 0 Å². The number of hydrogen-bond donors (Lipinski definition) is 2. The van der Waals surface area contributed by atoms with Gasteiger partial charge in [-0.1, -0.05) is 0 Å². The van der Waals surface area contributed by atoms with Crippen molar-refractivity contribution in [1.29, 1.82) is 0 Å². The number of nitrogens with one attached hydrogen (secondary N) is 2. The van der Waals surface area contributed by atoms with Crippen molar-refractivity contribution in [3.63, 3.8) is 0 Å². The van der Waals surface area contributed by atoms with Crippen molar-refractivity contribution < 1.29 is 0 Å². The largest absolute Gasteiger partial charge is 0.337 e. The molecule has 0 saturated carbocycles. The van der Waals surface area contributed by atoms with E-state index in [2.05, 4.69) is 37.4 Å². The molecular weight excluding hydrogens is 242 g/mol. The van der Waals surface area contributed by atoms with Crippen LogP contribution in [-0.4, -0.2) is 50.6 Å². The van der Waals surface area contributed by atoms with Gasteiger partial charge in [0.25, 0.3) is 0 Å². The molecule has 3 rings (SSSR count). The van der Waals surface area contributed by atoms with Crippen LogP contribution in [0.1, 0.15) is 12.6 Å². The SMILES string of the molecule is Cc1cc(-c2nc(N3CCN[C@@H](C)C3)n[nH]2)n(C)n1. The first-order valence-corrected chi connectivity index (χ1v) is 6.55. The molecule has 0 bridgehead atoms. The number of piperazine rings is 1. The molecule has 1 fully saturated rings. The van der Waals surface area contributed by atoms with Crippen LogP contribution in [0.25, 0.3) is 11.5 Å². The van der Waals surface area contributed by atoms with E-state index in [1.54, 1.807) is 0 Å². The molecule has 1 aliphatic rings. The van der Waals surface area contributed by atoms with Gasteiger partial charge in [0, 0.05) is 32.7 Å². The Labute approximate surface area is 112 Å². The van der Waals surface area contributed by atoms with Gasteiger partial charge in [-0.25, -0.2) is 0 Å².